The fourth-order valence-electron chi connectivity index (χ4n) is 2.89. The molecule has 8 heteroatoms. The van der Waals surface area contributed by atoms with Gasteiger partial charge >= 0.3 is 5.97 Å². The topological polar surface area (TPSA) is 70.9 Å². The lowest BCUT2D eigenvalue weighted by molar-refractivity contribution is -0.150. The fourth-order valence-corrected chi connectivity index (χ4v) is 3.45. The molecule has 1 aliphatic carbocycles. The van der Waals surface area contributed by atoms with Gasteiger partial charge in [0.25, 0.3) is 0 Å². The lowest BCUT2D eigenvalue weighted by Gasteiger charge is -2.19. The maximum absolute atomic E-state index is 12.1. The van der Waals surface area contributed by atoms with E-state index in [0.29, 0.717) is 18.2 Å². The van der Waals surface area contributed by atoms with E-state index in [1.54, 1.807) is 11.2 Å². The molecule has 3 heterocycles. The Morgan fingerprint density at radius 2 is 2.15 bits per heavy atom. The average molecular weight is 420 g/mol. The first-order valence-corrected chi connectivity index (χ1v) is 9.48. The van der Waals surface area contributed by atoms with Crippen LogP contribution in [0.4, 0.5) is 0 Å². The van der Waals surface area contributed by atoms with E-state index in [2.05, 4.69) is 48.5 Å². The molecule has 0 spiro atoms. The third-order valence-corrected chi connectivity index (χ3v) is 4.78. The van der Waals surface area contributed by atoms with Crippen molar-refractivity contribution >= 4 is 27.5 Å². The molecule has 0 amide bonds. The van der Waals surface area contributed by atoms with E-state index in [1.807, 2.05) is 27.0 Å². The second-order valence-corrected chi connectivity index (χ2v) is 8.62. The molecule has 26 heavy (non-hydrogen) atoms. The average Bonchev–Trinajstić information content (AvgIpc) is 3.14. The van der Waals surface area contributed by atoms with Gasteiger partial charge < -0.3 is 9.14 Å². The molecule has 0 unspecified atom stereocenters. The third-order valence-electron chi connectivity index (χ3n) is 4.20. The predicted octanol–water partition coefficient (Wildman–Crippen LogP) is 2.98. The van der Waals surface area contributed by atoms with E-state index in [0.717, 1.165) is 15.8 Å². The standard InChI is InChI=1S/C18H22BrN5O2/c1-18(2,3)26-17(25)15-10-24(22-21-15)9-13-8-23-7-12(11-4-5-11)6-14(19)16(23)20-13/h6-8,10-11,21-22H,4-5,9H2,1-3H3. The highest BCUT2D eigenvalue weighted by Gasteiger charge is 2.26. The van der Waals surface area contributed by atoms with E-state index >= 15 is 0 Å². The number of nitrogens with one attached hydrogen (secondary N) is 2. The van der Waals surface area contributed by atoms with Gasteiger partial charge in [0.05, 0.1) is 22.9 Å². The van der Waals surface area contributed by atoms with Crippen LogP contribution in [0.25, 0.3) is 5.65 Å². The normalized spacial score (nSPS) is 17.4. The Bertz CT molecular complexity index is 895. The van der Waals surface area contributed by atoms with E-state index in [1.165, 1.54) is 18.4 Å². The zero-order chi connectivity index (χ0) is 18.5. The number of aromatic nitrogens is 2. The fraction of sp³-hybridized carbons (Fsp3) is 0.444. The summed E-state index contributed by atoms with van der Waals surface area (Å²) in [6, 6.07) is 2.17. The van der Waals surface area contributed by atoms with E-state index < -0.39 is 5.60 Å². The van der Waals surface area contributed by atoms with Crippen LogP contribution in [0.5, 0.6) is 0 Å². The van der Waals surface area contributed by atoms with Crippen molar-refractivity contribution in [2.45, 2.75) is 51.7 Å². The van der Waals surface area contributed by atoms with Crippen molar-refractivity contribution in [3.05, 3.63) is 46.1 Å². The molecule has 0 atom stereocenters. The second kappa shape index (κ2) is 6.28. The maximum Gasteiger partial charge on any atom is 0.357 e. The first kappa shape index (κ1) is 17.4. The summed E-state index contributed by atoms with van der Waals surface area (Å²) in [5.74, 6) is 0.296. The summed E-state index contributed by atoms with van der Waals surface area (Å²) < 4.78 is 8.43. The number of nitrogens with zero attached hydrogens (tertiary/aromatic N) is 3. The summed E-state index contributed by atoms with van der Waals surface area (Å²) in [7, 11) is 0. The van der Waals surface area contributed by atoms with Crippen LogP contribution in [0.1, 0.15) is 50.8 Å². The van der Waals surface area contributed by atoms with Gasteiger partial charge in [-0.05, 0) is 67.1 Å². The molecular formula is C18H22BrN5O2. The summed E-state index contributed by atoms with van der Waals surface area (Å²) in [6.45, 7) is 6.05. The van der Waals surface area contributed by atoms with Crippen LogP contribution < -0.4 is 11.0 Å². The van der Waals surface area contributed by atoms with Crippen LogP contribution in [0.15, 0.2) is 34.8 Å². The Hall–Kier alpha value is -2.06. The van der Waals surface area contributed by atoms with Gasteiger partial charge in [-0.1, -0.05) is 0 Å². The summed E-state index contributed by atoms with van der Waals surface area (Å²) in [5, 5.41) is 1.77. The van der Waals surface area contributed by atoms with Gasteiger partial charge in [-0.2, -0.15) is 0 Å². The van der Waals surface area contributed by atoms with E-state index in [4.69, 9.17) is 4.74 Å². The minimum atomic E-state index is -0.528. The number of carbonyl (C=O) groups excluding carboxylic acids is 1. The zero-order valence-corrected chi connectivity index (χ0v) is 16.6. The molecule has 2 aromatic rings. The first-order valence-electron chi connectivity index (χ1n) is 8.69. The number of rotatable bonds is 4. The third kappa shape index (κ3) is 3.71. The lowest BCUT2D eigenvalue weighted by Crippen LogP contribution is -2.38. The predicted molar refractivity (Wildman–Crippen MR) is 101 cm³/mol. The Labute approximate surface area is 160 Å². The van der Waals surface area contributed by atoms with Crippen LogP contribution in [-0.2, 0) is 16.1 Å². The van der Waals surface area contributed by atoms with Crippen molar-refractivity contribution in [3.63, 3.8) is 0 Å². The molecule has 0 aromatic carbocycles. The first-order chi connectivity index (χ1) is 12.3. The number of hydrazine groups is 2. The Kier molecular flexibility index (Phi) is 4.19. The van der Waals surface area contributed by atoms with Gasteiger partial charge in [0.1, 0.15) is 5.60 Å². The number of pyridine rings is 1. The lowest BCUT2D eigenvalue weighted by atomic mass is 10.2. The molecule has 138 valence electrons. The van der Waals surface area contributed by atoms with Crippen LogP contribution in [0, 0.1) is 0 Å². The van der Waals surface area contributed by atoms with Gasteiger partial charge in [-0.25, -0.2) is 9.78 Å². The monoisotopic (exact) mass is 419 g/mol. The van der Waals surface area contributed by atoms with Crippen LogP contribution in [0.3, 0.4) is 0 Å². The van der Waals surface area contributed by atoms with Gasteiger partial charge in [0, 0.05) is 12.4 Å². The molecule has 7 nitrogen and oxygen atoms in total. The molecule has 0 radical (unpaired) electrons. The van der Waals surface area contributed by atoms with Crippen LogP contribution >= 0.6 is 15.9 Å². The minimum absolute atomic E-state index is 0.376. The van der Waals surface area contributed by atoms with Crippen molar-refractivity contribution in [2.75, 3.05) is 0 Å². The highest BCUT2D eigenvalue weighted by atomic mass is 79.9. The van der Waals surface area contributed by atoms with E-state index in [-0.39, 0.29) is 5.97 Å². The van der Waals surface area contributed by atoms with E-state index in [9.17, 15) is 4.79 Å². The zero-order valence-electron chi connectivity index (χ0n) is 15.0. The van der Waals surface area contributed by atoms with Crippen LogP contribution in [-0.4, -0.2) is 26.0 Å². The molecule has 1 fully saturated rings. The van der Waals surface area contributed by atoms with Gasteiger partial charge in [-0.15, -0.1) is 5.53 Å². The largest absolute Gasteiger partial charge is 0.455 e. The maximum atomic E-state index is 12.1. The quantitative estimate of drug-likeness (QED) is 0.742. The molecule has 0 saturated heterocycles. The number of fused-ring (bicyclic) bond motifs is 1. The number of esters is 1. The Morgan fingerprint density at radius 3 is 2.85 bits per heavy atom. The summed E-state index contributed by atoms with van der Waals surface area (Å²) >= 11 is 3.63. The van der Waals surface area contributed by atoms with Crippen molar-refractivity contribution in [1.82, 2.24) is 25.4 Å². The molecule has 1 saturated carbocycles. The highest BCUT2D eigenvalue weighted by molar-refractivity contribution is 9.10. The van der Waals surface area contributed by atoms with Gasteiger partial charge in [0.2, 0.25) is 0 Å². The molecule has 2 aliphatic rings. The van der Waals surface area contributed by atoms with Crippen molar-refractivity contribution in [3.8, 4) is 0 Å². The van der Waals surface area contributed by atoms with Crippen molar-refractivity contribution < 1.29 is 9.53 Å². The van der Waals surface area contributed by atoms with Gasteiger partial charge in [0.15, 0.2) is 11.3 Å². The number of hydrogen-bond donors (Lipinski definition) is 2. The number of hydrogen-bond acceptors (Lipinski definition) is 6. The SMILES string of the molecule is CC(C)(C)OC(=O)C1=CN(Cc2cn3cc(C4CC4)cc(Br)c3n2)NN1. The number of carbonyl (C=O) groups is 1. The minimum Gasteiger partial charge on any atom is -0.455 e. The van der Waals surface area contributed by atoms with Crippen molar-refractivity contribution in [1.29, 1.82) is 0 Å². The number of halogens is 1. The second-order valence-electron chi connectivity index (χ2n) is 7.77. The Morgan fingerprint density at radius 1 is 1.38 bits per heavy atom. The summed E-state index contributed by atoms with van der Waals surface area (Å²) in [5.41, 5.74) is 8.79. The highest BCUT2D eigenvalue weighted by Crippen LogP contribution is 2.41. The molecule has 4 rings (SSSR count). The smallest absolute Gasteiger partial charge is 0.357 e. The number of ether oxygens (including phenoxy) is 1. The summed E-state index contributed by atoms with van der Waals surface area (Å²) in [6.07, 6.45) is 8.41. The molecule has 0 bridgehead atoms. The molecular weight excluding hydrogens is 398 g/mol. The van der Waals surface area contributed by atoms with Gasteiger partial charge in [-0.3, -0.25) is 10.4 Å². The molecule has 2 N–H and O–H groups in total. The van der Waals surface area contributed by atoms with Crippen molar-refractivity contribution in [2.24, 2.45) is 0 Å². The van der Waals surface area contributed by atoms with Crippen LogP contribution in [0.2, 0.25) is 0 Å². The summed E-state index contributed by atoms with van der Waals surface area (Å²) in [4.78, 5) is 16.8. The molecule has 1 aliphatic heterocycles. The Balaban J connectivity index is 1.49. The molecule has 2 aromatic heterocycles. The number of imidazole rings is 1.